The molecule has 0 spiro atoms. The number of nitrogens with zero attached hydrogens (tertiary/aromatic N) is 3. The highest BCUT2D eigenvalue weighted by Crippen LogP contribution is 2.17. The first kappa shape index (κ1) is 13.0. The molecule has 1 aliphatic heterocycles. The van der Waals surface area contributed by atoms with Crippen LogP contribution in [0.5, 0.6) is 0 Å². The molecule has 18 heavy (non-hydrogen) atoms. The Labute approximate surface area is 106 Å². The van der Waals surface area contributed by atoms with E-state index >= 15 is 0 Å². The van der Waals surface area contributed by atoms with E-state index in [1.165, 1.54) is 7.11 Å². The molecule has 6 heteroatoms. The van der Waals surface area contributed by atoms with Crippen molar-refractivity contribution in [3.05, 3.63) is 11.4 Å². The summed E-state index contributed by atoms with van der Waals surface area (Å²) >= 11 is 0. The maximum atomic E-state index is 11.6. The summed E-state index contributed by atoms with van der Waals surface area (Å²) in [7, 11) is 1.36. The fourth-order valence-electron chi connectivity index (χ4n) is 2.19. The number of hydrogen-bond acceptors (Lipinski definition) is 5. The summed E-state index contributed by atoms with van der Waals surface area (Å²) in [6.07, 6.45) is 2.77. The maximum Gasteiger partial charge on any atom is 0.360 e. The molecule has 2 rings (SSSR count). The van der Waals surface area contributed by atoms with Gasteiger partial charge in [-0.1, -0.05) is 18.6 Å². The topological polar surface area (TPSA) is 66.2 Å². The van der Waals surface area contributed by atoms with E-state index < -0.39 is 5.97 Å². The average molecular weight is 253 g/mol. The maximum absolute atomic E-state index is 11.6. The highest BCUT2D eigenvalue weighted by Gasteiger charge is 2.23. The van der Waals surface area contributed by atoms with Crippen molar-refractivity contribution < 1.29 is 14.3 Å². The Balaban J connectivity index is 2.17. The van der Waals surface area contributed by atoms with Gasteiger partial charge in [0.25, 0.3) is 0 Å². The standard InChI is InChI=1S/C12H19N3O3/c1-3-4-10-11(12(16)17-2)13-14-15(10)7-9-5-6-18-8-9/h9H,3-8H2,1-2H3. The largest absolute Gasteiger partial charge is 0.464 e. The van der Waals surface area contributed by atoms with E-state index in [9.17, 15) is 4.79 Å². The highest BCUT2D eigenvalue weighted by molar-refractivity contribution is 5.88. The summed E-state index contributed by atoms with van der Waals surface area (Å²) in [4.78, 5) is 11.6. The van der Waals surface area contributed by atoms with Crippen molar-refractivity contribution in [2.24, 2.45) is 5.92 Å². The molecule has 1 unspecified atom stereocenters. The van der Waals surface area contributed by atoms with Crippen molar-refractivity contribution in [3.8, 4) is 0 Å². The molecule has 0 N–H and O–H groups in total. The number of esters is 1. The second-order valence-electron chi connectivity index (χ2n) is 4.54. The van der Waals surface area contributed by atoms with Gasteiger partial charge in [-0.2, -0.15) is 0 Å². The molecule has 0 saturated carbocycles. The van der Waals surface area contributed by atoms with Crippen molar-refractivity contribution in [3.63, 3.8) is 0 Å². The smallest absolute Gasteiger partial charge is 0.360 e. The summed E-state index contributed by atoms with van der Waals surface area (Å²) < 4.78 is 11.9. The van der Waals surface area contributed by atoms with E-state index in [4.69, 9.17) is 9.47 Å². The molecule has 0 bridgehead atoms. The van der Waals surface area contributed by atoms with Gasteiger partial charge >= 0.3 is 5.97 Å². The summed E-state index contributed by atoms with van der Waals surface area (Å²) in [6.45, 7) is 4.40. The number of ether oxygens (including phenoxy) is 2. The first-order chi connectivity index (χ1) is 8.76. The first-order valence-corrected chi connectivity index (χ1v) is 6.34. The fraction of sp³-hybridized carbons (Fsp3) is 0.750. The van der Waals surface area contributed by atoms with Crippen LogP contribution in [0.25, 0.3) is 0 Å². The Morgan fingerprint density at radius 1 is 1.61 bits per heavy atom. The zero-order valence-electron chi connectivity index (χ0n) is 10.9. The number of methoxy groups -OCH3 is 1. The number of aromatic nitrogens is 3. The van der Waals surface area contributed by atoms with E-state index in [2.05, 4.69) is 17.2 Å². The number of carbonyl (C=O) groups excluding carboxylic acids is 1. The van der Waals surface area contributed by atoms with Gasteiger partial charge in [0.1, 0.15) is 0 Å². The molecule has 1 atom stereocenters. The molecule has 6 nitrogen and oxygen atoms in total. The van der Waals surface area contributed by atoms with Gasteiger partial charge in [-0.15, -0.1) is 5.10 Å². The fourth-order valence-corrected chi connectivity index (χ4v) is 2.19. The van der Waals surface area contributed by atoms with Gasteiger partial charge in [0.2, 0.25) is 0 Å². The van der Waals surface area contributed by atoms with Crippen LogP contribution in [0.1, 0.15) is 35.9 Å². The van der Waals surface area contributed by atoms with Gasteiger partial charge in [-0.05, 0) is 12.8 Å². The zero-order chi connectivity index (χ0) is 13.0. The van der Waals surface area contributed by atoms with Crippen LogP contribution in [0.4, 0.5) is 0 Å². The second kappa shape index (κ2) is 5.95. The molecule has 1 aromatic rings. The predicted octanol–water partition coefficient (Wildman–Crippen LogP) is 1.05. The molecule has 1 aliphatic rings. The molecule has 1 saturated heterocycles. The lowest BCUT2D eigenvalue weighted by molar-refractivity contribution is 0.0592. The molecular weight excluding hydrogens is 234 g/mol. The van der Waals surface area contributed by atoms with Gasteiger partial charge in [0.05, 0.1) is 19.4 Å². The summed E-state index contributed by atoms with van der Waals surface area (Å²) in [5, 5.41) is 8.02. The van der Waals surface area contributed by atoms with Crippen LogP contribution >= 0.6 is 0 Å². The lowest BCUT2D eigenvalue weighted by atomic mass is 10.1. The summed E-state index contributed by atoms with van der Waals surface area (Å²) in [5.41, 5.74) is 1.22. The molecule has 0 aromatic carbocycles. The van der Waals surface area contributed by atoms with Crippen molar-refractivity contribution >= 4 is 5.97 Å². The molecule has 2 heterocycles. The molecule has 0 amide bonds. The molecule has 1 fully saturated rings. The van der Waals surface area contributed by atoms with Gasteiger partial charge in [-0.25, -0.2) is 9.48 Å². The average Bonchev–Trinajstić information content (AvgIpc) is 3.01. The third-order valence-corrected chi connectivity index (χ3v) is 3.16. The second-order valence-corrected chi connectivity index (χ2v) is 4.54. The Morgan fingerprint density at radius 3 is 3.06 bits per heavy atom. The Hall–Kier alpha value is -1.43. The van der Waals surface area contributed by atoms with Crippen molar-refractivity contribution in [1.82, 2.24) is 15.0 Å². The summed E-state index contributed by atoms with van der Waals surface area (Å²) in [6, 6.07) is 0. The minimum absolute atomic E-state index is 0.346. The van der Waals surface area contributed by atoms with Crippen LogP contribution in [0.2, 0.25) is 0 Å². The van der Waals surface area contributed by atoms with Gasteiger partial charge in [0, 0.05) is 19.1 Å². The highest BCUT2D eigenvalue weighted by atomic mass is 16.5. The monoisotopic (exact) mass is 253 g/mol. The minimum atomic E-state index is -0.410. The minimum Gasteiger partial charge on any atom is -0.464 e. The third-order valence-electron chi connectivity index (χ3n) is 3.16. The van der Waals surface area contributed by atoms with E-state index in [1.807, 2.05) is 4.68 Å². The number of rotatable bonds is 5. The molecular formula is C12H19N3O3. The van der Waals surface area contributed by atoms with E-state index in [0.717, 1.165) is 44.7 Å². The molecule has 1 aromatic heterocycles. The van der Waals surface area contributed by atoms with Crippen LogP contribution < -0.4 is 0 Å². The molecule has 100 valence electrons. The van der Waals surface area contributed by atoms with Crippen LogP contribution in [0.3, 0.4) is 0 Å². The zero-order valence-corrected chi connectivity index (χ0v) is 10.9. The Kier molecular flexibility index (Phi) is 4.30. The first-order valence-electron chi connectivity index (χ1n) is 6.34. The van der Waals surface area contributed by atoms with Crippen LogP contribution in [0, 0.1) is 5.92 Å². The van der Waals surface area contributed by atoms with Crippen molar-refractivity contribution in [2.45, 2.75) is 32.7 Å². The Bertz CT molecular complexity index is 411. The molecule has 0 radical (unpaired) electrons. The molecule has 0 aliphatic carbocycles. The number of carbonyl (C=O) groups is 1. The Morgan fingerprint density at radius 2 is 2.44 bits per heavy atom. The normalized spacial score (nSPS) is 19.1. The van der Waals surface area contributed by atoms with E-state index in [0.29, 0.717) is 11.6 Å². The predicted molar refractivity (Wildman–Crippen MR) is 64.3 cm³/mol. The third kappa shape index (κ3) is 2.69. The van der Waals surface area contributed by atoms with Gasteiger partial charge < -0.3 is 9.47 Å². The van der Waals surface area contributed by atoms with Crippen LogP contribution in [-0.2, 0) is 22.4 Å². The van der Waals surface area contributed by atoms with Crippen LogP contribution in [-0.4, -0.2) is 41.3 Å². The van der Waals surface area contributed by atoms with Crippen LogP contribution in [0.15, 0.2) is 0 Å². The van der Waals surface area contributed by atoms with E-state index in [-0.39, 0.29) is 0 Å². The lowest BCUT2D eigenvalue weighted by Gasteiger charge is -2.10. The van der Waals surface area contributed by atoms with Crippen molar-refractivity contribution in [2.75, 3.05) is 20.3 Å². The van der Waals surface area contributed by atoms with Crippen molar-refractivity contribution in [1.29, 1.82) is 0 Å². The SMILES string of the molecule is CCCc1c(C(=O)OC)nnn1CC1CCOC1. The van der Waals surface area contributed by atoms with Gasteiger partial charge in [0.15, 0.2) is 5.69 Å². The van der Waals surface area contributed by atoms with Gasteiger partial charge in [-0.3, -0.25) is 0 Å². The number of hydrogen-bond donors (Lipinski definition) is 0. The summed E-state index contributed by atoms with van der Waals surface area (Å²) in [5.74, 6) is 0.0557. The van der Waals surface area contributed by atoms with E-state index in [1.54, 1.807) is 0 Å². The lowest BCUT2D eigenvalue weighted by Crippen LogP contribution is -2.15. The quantitative estimate of drug-likeness (QED) is 0.734.